The maximum Gasteiger partial charge on any atom is 0.150 e. The lowest BCUT2D eigenvalue weighted by atomic mass is 9.81. The molecule has 0 spiro atoms. The van der Waals surface area contributed by atoms with Gasteiger partial charge in [0.25, 0.3) is 0 Å². The van der Waals surface area contributed by atoms with E-state index in [1.165, 1.54) is 0 Å². The lowest BCUT2D eigenvalue weighted by Gasteiger charge is -2.09. The molecule has 0 aliphatic carbocycles. The summed E-state index contributed by atoms with van der Waals surface area (Å²) < 4.78 is 0. The fourth-order valence-corrected chi connectivity index (χ4v) is 1.54. The zero-order chi connectivity index (χ0) is 11.0. The van der Waals surface area contributed by atoms with E-state index in [1.54, 1.807) is 24.3 Å². The van der Waals surface area contributed by atoms with Crippen LogP contribution in [0.1, 0.15) is 10.4 Å². The van der Waals surface area contributed by atoms with Crippen LogP contribution >= 0.6 is 0 Å². The molecule has 1 N–H and O–H groups in total. The van der Waals surface area contributed by atoms with E-state index in [2.05, 4.69) is 0 Å². The fraction of sp³-hybridized carbons (Fsp3) is 0. The summed E-state index contributed by atoms with van der Waals surface area (Å²) >= 11 is 0. The normalized spacial score (nSPS) is 10.4. The van der Waals surface area contributed by atoms with Crippen molar-refractivity contribution >= 4 is 43.7 Å². The van der Waals surface area contributed by atoms with Crippen LogP contribution in [0.2, 0.25) is 0 Å². The summed E-state index contributed by atoms with van der Waals surface area (Å²) in [5.74, 6) is -0.110. The van der Waals surface area contributed by atoms with Crippen molar-refractivity contribution in [2.24, 2.45) is 0 Å². The van der Waals surface area contributed by atoms with E-state index in [1.807, 2.05) is 0 Å². The largest absolute Gasteiger partial charge is 0.509 e. The molecule has 0 aliphatic heterocycles. The fourth-order valence-electron chi connectivity index (χ4n) is 1.54. The standard InChI is InChI=1S/C11H6B2O2/c12-9-4-7-3-6(5-14)1-2-8(7)10(13)11(9)15/h1-5,15H. The third kappa shape index (κ3) is 1.52. The third-order valence-corrected chi connectivity index (χ3v) is 2.34. The molecular formula is C11H6B2O2. The van der Waals surface area contributed by atoms with Gasteiger partial charge >= 0.3 is 0 Å². The minimum Gasteiger partial charge on any atom is -0.509 e. The van der Waals surface area contributed by atoms with Crippen molar-refractivity contribution in [1.82, 2.24) is 0 Å². The molecule has 15 heavy (non-hydrogen) atoms. The second-order valence-electron chi connectivity index (χ2n) is 3.33. The summed E-state index contributed by atoms with van der Waals surface area (Å²) in [6.45, 7) is 0. The first kappa shape index (κ1) is 9.84. The molecule has 2 nitrogen and oxygen atoms in total. The van der Waals surface area contributed by atoms with Crippen LogP contribution in [-0.2, 0) is 0 Å². The molecule has 0 fully saturated rings. The Morgan fingerprint density at radius 1 is 1.20 bits per heavy atom. The van der Waals surface area contributed by atoms with Crippen molar-refractivity contribution in [3.8, 4) is 5.75 Å². The molecular weight excluding hydrogens is 186 g/mol. The molecule has 0 amide bonds. The average Bonchev–Trinajstić information content (AvgIpc) is 2.25. The average molecular weight is 192 g/mol. The van der Waals surface area contributed by atoms with Gasteiger partial charge in [-0.05, 0) is 22.3 Å². The number of rotatable bonds is 1. The second kappa shape index (κ2) is 3.46. The maximum atomic E-state index is 10.6. The maximum absolute atomic E-state index is 10.6. The Labute approximate surface area is 89.7 Å². The van der Waals surface area contributed by atoms with Crippen LogP contribution in [0.3, 0.4) is 0 Å². The summed E-state index contributed by atoms with van der Waals surface area (Å²) in [7, 11) is 11.3. The van der Waals surface area contributed by atoms with E-state index in [4.69, 9.17) is 15.7 Å². The van der Waals surface area contributed by atoms with Gasteiger partial charge in [-0.15, -0.1) is 0 Å². The van der Waals surface area contributed by atoms with Crippen molar-refractivity contribution in [2.45, 2.75) is 0 Å². The van der Waals surface area contributed by atoms with E-state index in [0.29, 0.717) is 10.9 Å². The van der Waals surface area contributed by atoms with Crippen molar-refractivity contribution < 1.29 is 9.90 Å². The van der Waals surface area contributed by atoms with E-state index < -0.39 is 0 Å². The van der Waals surface area contributed by atoms with Crippen molar-refractivity contribution in [1.29, 1.82) is 0 Å². The van der Waals surface area contributed by atoms with Crippen LogP contribution in [0.4, 0.5) is 0 Å². The summed E-state index contributed by atoms with van der Waals surface area (Å²) in [4.78, 5) is 10.6. The monoisotopic (exact) mass is 192 g/mol. The minimum atomic E-state index is -0.110. The summed E-state index contributed by atoms with van der Waals surface area (Å²) in [5, 5.41) is 10.9. The minimum absolute atomic E-state index is 0.110. The first-order chi connectivity index (χ1) is 7.13. The highest BCUT2D eigenvalue weighted by Gasteiger charge is 2.05. The van der Waals surface area contributed by atoms with Gasteiger partial charge in [0.2, 0.25) is 0 Å². The van der Waals surface area contributed by atoms with Gasteiger partial charge in [0.15, 0.2) is 0 Å². The molecule has 0 aliphatic rings. The smallest absolute Gasteiger partial charge is 0.150 e. The topological polar surface area (TPSA) is 37.3 Å². The van der Waals surface area contributed by atoms with Crippen molar-refractivity contribution in [3.63, 3.8) is 0 Å². The highest BCUT2D eigenvalue weighted by Crippen LogP contribution is 2.15. The van der Waals surface area contributed by atoms with E-state index in [9.17, 15) is 9.90 Å². The third-order valence-electron chi connectivity index (χ3n) is 2.34. The summed E-state index contributed by atoms with van der Waals surface area (Å²) in [5.41, 5.74) is 0.998. The van der Waals surface area contributed by atoms with E-state index >= 15 is 0 Å². The van der Waals surface area contributed by atoms with Crippen LogP contribution in [0, 0.1) is 0 Å². The predicted octanol–water partition coefficient (Wildman–Crippen LogP) is -0.0545. The number of phenolic OH excluding ortho intramolecular Hbond substituents is 1. The van der Waals surface area contributed by atoms with Gasteiger partial charge in [-0.25, -0.2) is 0 Å². The second-order valence-corrected chi connectivity index (χ2v) is 3.33. The summed E-state index contributed by atoms with van der Waals surface area (Å²) in [6, 6.07) is 6.59. The van der Waals surface area contributed by atoms with Gasteiger partial charge in [-0.3, -0.25) is 4.79 Å². The molecule has 4 radical (unpaired) electrons. The number of carbonyl (C=O) groups is 1. The number of carbonyl (C=O) groups excluding carboxylic acids is 1. The van der Waals surface area contributed by atoms with E-state index in [-0.39, 0.29) is 16.7 Å². The molecule has 2 aromatic carbocycles. The molecule has 0 heterocycles. The van der Waals surface area contributed by atoms with Crippen molar-refractivity contribution in [3.05, 3.63) is 29.8 Å². The Balaban J connectivity index is 2.86. The molecule has 0 saturated carbocycles. The Kier molecular flexibility index (Phi) is 2.27. The first-order valence-corrected chi connectivity index (χ1v) is 4.39. The predicted molar refractivity (Wildman–Crippen MR) is 61.8 cm³/mol. The van der Waals surface area contributed by atoms with Crippen LogP contribution in [-0.4, -0.2) is 27.1 Å². The van der Waals surface area contributed by atoms with Crippen molar-refractivity contribution in [2.75, 3.05) is 0 Å². The number of phenols is 1. The number of benzene rings is 2. The number of hydrogen-bond donors (Lipinski definition) is 1. The van der Waals surface area contributed by atoms with Gasteiger partial charge in [0.1, 0.15) is 27.7 Å². The lowest BCUT2D eigenvalue weighted by molar-refractivity contribution is 0.112. The number of aldehydes is 1. The Morgan fingerprint density at radius 2 is 1.93 bits per heavy atom. The van der Waals surface area contributed by atoms with Gasteiger partial charge in [-0.2, -0.15) is 0 Å². The van der Waals surface area contributed by atoms with Crippen LogP contribution in [0.15, 0.2) is 24.3 Å². The van der Waals surface area contributed by atoms with Gasteiger partial charge in [-0.1, -0.05) is 23.7 Å². The van der Waals surface area contributed by atoms with Crippen LogP contribution < -0.4 is 10.9 Å². The highest BCUT2D eigenvalue weighted by atomic mass is 16.3. The Hall–Kier alpha value is -1.70. The van der Waals surface area contributed by atoms with E-state index in [0.717, 1.165) is 11.7 Å². The number of hydrogen-bond acceptors (Lipinski definition) is 2. The Bertz CT molecular complexity index is 550. The molecule has 4 heteroatoms. The molecule has 0 saturated heterocycles. The number of aromatic hydroxyl groups is 1. The lowest BCUT2D eigenvalue weighted by Crippen LogP contribution is -2.16. The molecule has 0 unspecified atom stereocenters. The zero-order valence-electron chi connectivity index (χ0n) is 7.90. The molecule has 2 rings (SSSR count). The Morgan fingerprint density at radius 3 is 2.60 bits per heavy atom. The molecule has 2 aromatic rings. The first-order valence-electron chi connectivity index (χ1n) is 4.39. The zero-order valence-corrected chi connectivity index (χ0v) is 7.90. The van der Waals surface area contributed by atoms with Gasteiger partial charge < -0.3 is 5.11 Å². The SMILES string of the molecule is [B]c1cc2cc(C=O)ccc2c([B])c1O. The van der Waals surface area contributed by atoms with Gasteiger partial charge in [0, 0.05) is 5.56 Å². The molecule has 68 valence electrons. The number of fused-ring (bicyclic) bond motifs is 1. The summed E-state index contributed by atoms with van der Waals surface area (Å²) in [6.07, 6.45) is 0.749. The molecule has 0 atom stereocenters. The molecule has 0 aromatic heterocycles. The highest BCUT2D eigenvalue weighted by molar-refractivity contribution is 6.46. The van der Waals surface area contributed by atoms with Crippen LogP contribution in [0.5, 0.6) is 5.75 Å². The van der Waals surface area contributed by atoms with Gasteiger partial charge in [0.05, 0.1) is 0 Å². The quantitative estimate of drug-likeness (QED) is 0.507. The molecule has 0 bridgehead atoms. The van der Waals surface area contributed by atoms with Crippen LogP contribution in [0.25, 0.3) is 10.8 Å².